The van der Waals surface area contributed by atoms with Gasteiger partial charge >= 0.3 is 11.9 Å². The maximum Gasteiger partial charge on any atom is 0.338 e. The molecule has 0 aliphatic carbocycles. The fraction of sp³-hybridized carbons (Fsp3) is 0.318. The third-order valence-corrected chi connectivity index (χ3v) is 3.95. The van der Waals surface area contributed by atoms with Gasteiger partial charge in [0, 0.05) is 13.5 Å². The summed E-state index contributed by atoms with van der Waals surface area (Å²) in [5.74, 6) is -0.249. The Bertz CT molecular complexity index is 810. The largest absolute Gasteiger partial charge is 0.452 e. The molecule has 0 aliphatic heterocycles. The van der Waals surface area contributed by atoms with Crippen LogP contribution in [0.3, 0.4) is 0 Å². The molecule has 6 heteroatoms. The fourth-order valence-corrected chi connectivity index (χ4v) is 2.45. The number of rotatable bonds is 8. The molecular weight excluding hydrogens is 358 g/mol. The molecule has 28 heavy (non-hydrogen) atoms. The number of hydrogen-bond acceptors (Lipinski definition) is 5. The molecule has 0 aliphatic rings. The smallest absolute Gasteiger partial charge is 0.338 e. The first-order valence-electron chi connectivity index (χ1n) is 9.18. The number of esters is 2. The van der Waals surface area contributed by atoms with E-state index >= 15 is 0 Å². The van der Waals surface area contributed by atoms with Crippen LogP contribution in [-0.2, 0) is 14.3 Å². The normalized spacial score (nSPS) is 10.4. The lowest BCUT2D eigenvalue weighted by molar-refractivity contribution is -0.131. The molecule has 0 saturated carbocycles. The van der Waals surface area contributed by atoms with Crippen LogP contribution in [0.4, 0.5) is 0 Å². The van der Waals surface area contributed by atoms with Gasteiger partial charge in [0.1, 0.15) is 5.75 Å². The van der Waals surface area contributed by atoms with E-state index in [1.165, 1.54) is 6.92 Å². The predicted molar refractivity (Wildman–Crippen MR) is 106 cm³/mol. The van der Waals surface area contributed by atoms with E-state index in [0.29, 0.717) is 23.8 Å². The zero-order chi connectivity index (χ0) is 20.5. The van der Waals surface area contributed by atoms with Crippen molar-refractivity contribution in [1.82, 2.24) is 5.32 Å². The first-order valence-corrected chi connectivity index (χ1v) is 9.18. The number of carbonyl (C=O) groups excluding carboxylic acids is 3. The summed E-state index contributed by atoms with van der Waals surface area (Å²) in [4.78, 5) is 34.7. The van der Waals surface area contributed by atoms with Crippen LogP contribution >= 0.6 is 0 Å². The van der Waals surface area contributed by atoms with Gasteiger partial charge in [-0.2, -0.15) is 0 Å². The minimum atomic E-state index is -0.546. The van der Waals surface area contributed by atoms with Crippen molar-refractivity contribution in [1.29, 1.82) is 0 Å². The van der Waals surface area contributed by atoms with Crippen molar-refractivity contribution in [3.8, 4) is 16.9 Å². The Morgan fingerprint density at radius 2 is 1.50 bits per heavy atom. The minimum absolute atomic E-state index is 0.295. The van der Waals surface area contributed by atoms with Crippen molar-refractivity contribution in [2.24, 2.45) is 5.92 Å². The van der Waals surface area contributed by atoms with Crippen LogP contribution in [0.1, 0.15) is 37.6 Å². The summed E-state index contributed by atoms with van der Waals surface area (Å²) in [6.45, 7) is 5.77. The van der Waals surface area contributed by atoms with Crippen LogP contribution in [0.15, 0.2) is 48.5 Å². The first-order chi connectivity index (χ1) is 13.3. The molecule has 6 nitrogen and oxygen atoms in total. The molecule has 2 aromatic carbocycles. The second kappa shape index (κ2) is 10.3. The van der Waals surface area contributed by atoms with E-state index in [1.807, 2.05) is 12.1 Å². The molecule has 0 fully saturated rings. The van der Waals surface area contributed by atoms with Gasteiger partial charge in [-0.05, 0) is 47.7 Å². The Kier molecular flexibility index (Phi) is 7.75. The van der Waals surface area contributed by atoms with Crippen molar-refractivity contribution in [2.45, 2.75) is 27.2 Å². The van der Waals surface area contributed by atoms with Crippen LogP contribution in [0.2, 0.25) is 0 Å². The number of hydrogen-bond donors (Lipinski definition) is 1. The van der Waals surface area contributed by atoms with Crippen molar-refractivity contribution in [2.75, 3.05) is 13.2 Å². The monoisotopic (exact) mass is 383 g/mol. The number of amides is 1. The molecule has 148 valence electrons. The predicted octanol–water partition coefficient (Wildman–Crippen LogP) is 3.60. The fourth-order valence-electron chi connectivity index (χ4n) is 2.45. The molecule has 0 aromatic heterocycles. The number of ether oxygens (including phenoxy) is 2. The average Bonchev–Trinajstić information content (AvgIpc) is 2.66. The van der Waals surface area contributed by atoms with Gasteiger partial charge in [0.2, 0.25) is 0 Å². The lowest BCUT2D eigenvalue weighted by atomic mass is 10.0. The highest BCUT2D eigenvalue weighted by Gasteiger charge is 2.10. The maximum atomic E-state index is 12.1. The van der Waals surface area contributed by atoms with Gasteiger partial charge in [-0.1, -0.05) is 38.1 Å². The highest BCUT2D eigenvalue weighted by molar-refractivity contribution is 5.91. The van der Waals surface area contributed by atoms with E-state index in [0.717, 1.165) is 17.5 Å². The van der Waals surface area contributed by atoms with Crippen molar-refractivity contribution in [3.63, 3.8) is 0 Å². The van der Waals surface area contributed by atoms with Gasteiger partial charge in [0.15, 0.2) is 6.61 Å². The van der Waals surface area contributed by atoms with E-state index < -0.39 is 5.97 Å². The Morgan fingerprint density at radius 3 is 2.04 bits per heavy atom. The summed E-state index contributed by atoms with van der Waals surface area (Å²) >= 11 is 0. The number of benzene rings is 2. The van der Waals surface area contributed by atoms with Gasteiger partial charge in [-0.3, -0.25) is 9.59 Å². The van der Waals surface area contributed by atoms with E-state index in [1.54, 1.807) is 36.4 Å². The quantitative estimate of drug-likeness (QED) is 0.556. The van der Waals surface area contributed by atoms with E-state index in [9.17, 15) is 14.4 Å². The van der Waals surface area contributed by atoms with E-state index in [-0.39, 0.29) is 18.5 Å². The SMILES string of the molecule is CC(=O)Oc1ccc(-c2ccc(C(=O)OCC(=O)NCCC(C)C)cc2)cc1. The summed E-state index contributed by atoms with van der Waals surface area (Å²) in [6.07, 6.45) is 0.878. The van der Waals surface area contributed by atoms with Crippen molar-refractivity contribution >= 4 is 17.8 Å². The van der Waals surface area contributed by atoms with E-state index in [2.05, 4.69) is 19.2 Å². The third kappa shape index (κ3) is 6.87. The summed E-state index contributed by atoms with van der Waals surface area (Å²) in [5.41, 5.74) is 2.19. The Morgan fingerprint density at radius 1 is 0.929 bits per heavy atom. The molecule has 2 rings (SSSR count). The van der Waals surface area contributed by atoms with Gasteiger partial charge in [0.25, 0.3) is 5.91 Å². The average molecular weight is 383 g/mol. The van der Waals surface area contributed by atoms with Gasteiger partial charge < -0.3 is 14.8 Å². The van der Waals surface area contributed by atoms with Crippen molar-refractivity contribution < 1.29 is 23.9 Å². The molecule has 2 aromatic rings. The Hall–Kier alpha value is -3.15. The molecule has 0 spiro atoms. The van der Waals surface area contributed by atoms with E-state index in [4.69, 9.17) is 9.47 Å². The Labute approximate surface area is 164 Å². The molecule has 0 radical (unpaired) electrons. The standard InChI is InChI=1S/C22H25NO5/c1-15(2)12-13-23-21(25)14-27-22(26)19-6-4-17(5-7-19)18-8-10-20(11-9-18)28-16(3)24/h4-11,15H,12-14H2,1-3H3,(H,23,25). The van der Waals surface area contributed by atoms with Crippen LogP contribution < -0.4 is 10.1 Å². The summed E-state index contributed by atoms with van der Waals surface area (Å²) in [5, 5.41) is 2.72. The number of carbonyl (C=O) groups is 3. The molecule has 1 amide bonds. The molecule has 1 N–H and O–H groups in total. The third-order valence-electron chi connectivity index (χ3n) is 3.95. The molecule has 0 heterocycles. The minimum Gasteiger partial charge on any atom is -0.452 e. The zero-order valence-corrected chi connectivity index (χ0v) is 16.4. The Balaban J connectivity index is 1.88. The second-order valence-corrected chi connectivity index (χ2v) is 6.80. The molecule has 0 unspecified atom stereocenters. The van der Waals surface area contributed by atoms with Gasteiger partial charge in [-0.15, -0.1) is 0 Å². The summed E-state index contributed by atoms with van der Waals surface area (Å²) in [7, 11) is 0. The highest BCUT2D eigenvalue weighted by atomic mass is 16.5. The molecular formula is C22H25NO5. The van der Waals surface area contributed by atoms with Crippen LogP contribution in [0.25, 0.3) is 11.1 Å². The molecule has 0 atom stereocenters. The van der Waals surface area contributed by atoms with Gasteiger partial charge in [0.05, 0.1) is 5.56 Å². The summed E-state index contributed by atoms with van der Waals surface area (Å²) in [6, 6.07) is 13.9. The second-order valence-electron chi connectivity index (χ2n) is 6.80. The first kappa shape index (κ1) is 21.2. The van der Waals surface area contributed by atoms with Crippen LogP contribution in [0, 0.1) is 5.92 Å². The topological polar surface area (TPSA) is 81.7 Å². The van der Waals surface area contributed by atoms with Crippen LogP contribution in [0.5, 0.6) is 5.75 Å². The van der Waals surface area contributed by atoms with Crippen LogP contribution in [-0.4, -0.2) is 31.0 Å². The molecule has 0 bridgehead atoms. The number of nitrogens with one attached hydrogen (secondary N) is 1. The zero-order valence-electron chi connectivity index (χ0n) is 16.4. The summed E-state index contributed by atoms with van der Waals surface area (Å²) < 4.78 is 10.1. The lowest BCUT2D eigenvalue weighted by Crippen LogP contribution is -2.30. The van der Waals surface area contributed by atoms with Gasteiger partial charge in [-0.25, -0.2) is 4.79 Å². The molecule has 0 saturated heterocycles. The maximum absolute atomic E-state index is 12.1. The highest BCUT2D eigenvalue weighted by Crippen LogP contribution is 2.23. The van der Waals surface area contributed by atoms with Crippen molar-refractivity contribution in [3.05, 3.63) is 54.1 Å². The lowest BCUT2D eigenvalue weighted by Gasteiger charge is -2.08.